The Morgan fingerprint density at radius 3 is 2.79 bits per heavy atom. The Morgan fingerprint density at radius 2 is 2.21 bits per heavy atom. The van der Waals surface area contributed by atoms with Crippen molar-refractivity contribution >= 4 is 24.9 Å². The predicted octanol–water partition coefficient (Wildman–Crippen LogP) is 0.106. The van der Waals surface area contributed by atoms with Gasteiger partial charge < -0.3 is 29.1 Å². The lowest BCUT2D eigenvalue weighted by molar-refractivity contribution is 0.0567. The van der Waals surface area contributed by atoms with Crippen LogP contribution in [-0.2, 0) is 9.30 Å². The summed E-state index contributed by atoms with van der Waals surface area (Å²) in [4.78, 5) is 33.4. The molecule has 10 heteroatoms. The maximum atomic E-state index is 11.5. The molecule has 0 aliphatic carbocycles. The third-order valence-electron chi connectivity index (χ3n) is 2.19. The molecular weight excluding hydrogens is 279 g/mol. The molecule has 0 unspecified atom stereocenters. The zero-order valence-electron chi connectivity index (χ0n) is 9.56. The summed E-state index contributed by atoms with van der Waals surface area (Å²) < 4.78 is 25.5. The molecule has 0 aliphatic heterocycles. The van der Waals surface area contributed by atoms with E-state index < -0.39 is 24.6 Å². The van der Waals surface area contributed by atoms with Crippen LogP contribution in [0.4, 0.5) is 6.01 Å². The van der Waals surface area contributed by atoms with E-state index in [4.69, 9.17) is 24.4 Å². The number of furan rings is 1. The van der Waals surface area contributed by atoms with E-state index in [1.807, 2.05) is 0 Å². The Labute approximate surface area is 106 Å². The number of hydrogen-bond donors (Lipinski definition) is 3. The van der Waals surface area contributed by atoms with Crippen LogP contribution in [0.25, 0.3) is 11.5 Å². The fourth-order valence-corrected chi connectivity index (χ4v) is 2.11. The molecule has 0 aromatic carbocycles. The Balaban J connectivity index is 2.64. The van der Waals surface area contributed by atoms with Gasteiger partial charge in [0.2, 0.25) is 5.76 Å². The number of carbonyl (C=O) groups is 1. The maximum Gasteiger partial charge on any atom is 0.376 e. The minimum absolute atomic E-state index is 0.229. The van der Waals surface area contributed by atoms with E-state index in [2.05, 4.69) is 9.72 Å². The number of oxazole rings is 1. The van der Waals surface area contributed by atoms with Gasteiger partial charge in [-0.05, 0) is 6.07 Å². The van der Waals surface area contributed by atoms with Crippen molar-refractivity contribution in [1.29, 1.82) is 0 Å². The van der Waals surface area contributed by atoms with Crippen molar-refractivity contribution in [2.24, 2.45) is 0 Å². The molecule has 19 heavy (non-hydrogen) atoms. The normalized spacial score (nSPS) is 11.5. The first kappa shape index (κ1) is 13.3. The molecular formula is C9H9N2O7P. The number of hydrogen-bond acceptors (Lipinski definition) is 7. The van der Waals surface area contributed by atoms with Crippen LogP contribution in [0.1, 0.15) is 10.6 Å². The summed E-state index contributed by atoms with van der Waals surface area (Å²) in [5, 5.41) is -0.425. The molecule has 0 atom stereocenters. The molecule has 0 saturated heterocycles. The van der Waals surface area contributed by atoms with E-state index >= 15 is 0 Å². The topological polar surface area (TPSA) is 149 Å². The van der Waals surface area contributed by atoms with Crippen LogP contribution in [0.15, 0.2) is 21.2 Å². The fraction of sp³-hybridized carbons (Fsp3) is 0.111. The summed E-state index contributed by atoms with van der Waals surface area (Å²) in [6, 6.07) is 0.714. The van der Waals surface area contributed by atoms with Crippen LogP contribution in [0.3, 0.4) is 0 Å². The highest BCUT2D eigenvalue weighted by Crippen LogP contribution is 2.39. The third kappa shape index (κ3) is 2.39. The van der Waals surface area contributed by atoms with Gasteiger partial charge >= 0.3 is 13.6 Å². The highest BCUT2D eigenvalue weighted by Gasteiger charge is 2.31. The molecule has 0 radical (unpaired) electrons. The van der Waals surface area contributed by atoms with E-state index in [9.17, 15) is 9.36 Å². The van der Waals surface area contributed by atoms with Gasteiger partial charge in [0.15, 0.2) is 11.5 Å². The standard InChI is InChI=1S/C9H9N2O7P/c1-16-8(12)7-5(11-9(10)18-7)6-4(2-3-17-6)19(13,14)15/h2-3H,1H3,(H2,10,11)(H2,13,14,15). The Kier molecular flexibility index (Phi) is 3.19. The molecule has 4 N–H and O–H groups in total. The highest BCUT2D eigenvalue weighted by atomic mass is 31.2. The number of methoxy groups -OCH3 is 1. The lowest BCUT2D eigenvalue weighted by Gasteiger charge is -2.02. The lowest BCUT2D eigenvalue weighted by Crippen LogP contribution is -2.07. The zero-order chi connectivity index (χ0) is 14.2. The summed E-state index contributed by atoms with van der Waals surface area (Å²) in [7, 11) is -3.48. The summed E-state index contributed by atoms with van der Waals surface area (Å²) >= 11 is 0. The van der Waals surface area contributed by atoms with Gasteiger partial charge in [-0.25, -0.2) is 4.79 Å². The molecule has 102 valence electrons. The number of aromatic nitrogens is 1. The van der Waals surface area contributed by atoms with Gasteiger partial charge in [0.05, 0.1) is 13.4 Å². The predicted molar refractivity (Wildman–Crippen MR) is 61.6 cm³/mol. The molecule has 2 aromatic rings. The van der Waals surface area contributed by atoms with Gasteiger partial charge in [0, 0.05) is 0 Å². The van der Waals surface area contributed by atoms with Gasteiger partial charge in [-0.3, -0.25) is 4.57 Å². The van der Waals surface area contributed by atoms with Crippen LogP contribution < -0.4 is 11.0 Å². The first-order chi connectivity index (χ1) is 8.84. The van der Waals surface area contributed by atoms with E-state index in [0.717, 1.165) is 19.4 Å². The van der Waals surface area contributed by atoms with Crippen LogP contribution in [0.2, 0.25) is 0 Å². The number of anilines is 1. The van der Waals surface area contributed by atoms with Gasteiger partial charge in [0.1, 0.15) is 5.30 Å². The van der Waals surface area contributed by atoms with Crippen LogP contribution >= 0.6 is 7.60 Å². The second kappa shape index (κ2) is 4.54. The van der Waals surface area contributed by atoms with Gasteiger partial charge in [-0.1, -0.05) is 0 Å². The zero-order valence-corrected chi connectivity index (χ0v) is 10.5. The lowest BCUT2D eigenvalue weighted by atomic mass is 10.3. The average Bonchev–Trinajstić information content (AvgIpc) is 2.92. The molecule has 2 heterocycles. The SMILES string of the molecule is COC(=O)c1oc(N)nc1-c1occc1P(=O)(O)O. The summed E-state index contributed by atoms with van der Waals surface area (Å²) in [6.07, 6.45) is 1.05. The molecule has 0 bridgehead atoms. The van der Waals surface area contributed by atoms with Crippen LogP contribution in [0.5, 0.6) is 0 Å². The molecule has 0 spiro atoms. The minimum atomic E-state index is -4.59. The van der Waals surface area contributed by atoms with Crippen molar-refractivity contribution in [2.45, 2.75) is 0 Å². The smallest absolute Gasteiger partial charge is 0.376 e. The summed E-state index contributed by atoms with van der Waals surface area (Å²) in [6.45, 7) is 0. The van der Waals surface area contributed by atoms with Gasteiger partial charge in [-0.15, -0.1) is 0 Å². The monoisotopic (exact) mass is 288 g/mol. The first-order valence-electron chi connectivity index (χ1n) is 4.83. The van der Waals surface area contributed by atoms with Gasteiger partial charge in [-0.2, -0.15) is 4.98 Å². The maximum absolute atomic E-state index is 11.5. The Morgan fingerprint density at radius 1 is 1.53 bits per heavy atom. The Bertz CT molecular complexity index is 668. The number of nitrogen functional groups attached to an aromatic ring is 1. The number of nitrogens with zero attached hydrogens (tertiary/aromatic N) is 1. The number of esters is 1. The molecule has 0 amide bonds. The third-order valence-corrected chi connectivity index (χ3v) is 3.17. The van der Waals surface area contributed by atoms with E-state index in [1.54, 1.807) is 0 Å². The second-order valence-electron chi connectivity index (χ2n) is 3.40. The molecule has 2 rings (SSSR count). The van der Waals surface area contributed by atoms with Crippen molar-refractivity contribution in [1.82, 2.24) is 4.98 Å². The fourth-order valence-electron chi connectivity index (χ4n) is 1.43. The van der Waals surface area contributed by atoms with Crippen molar-refractivity contribution in [3.05, 3.63) is 18.1 Å². The quantitative estimate of drug-likeness (QED) is 0.528. The molecule has 9 nitrogen and oxygen atoms in total. The number of ether oxygens (including phenoxy) is 1. The van der Waals surface area contributed by atoms with Crippen molar-refractivity contribution in [3.63, 3.8) is 0 Å². The number of carbonyl (C=O) groups excluding carboxylic acids is 1. The van der Waals surface area contributed by atoms with Gasteiger partial charge in [0.25, 0.3) is 6.01 Å². The van der Waals surface area contributed by atoms with Crippen molar-refractivity contribution in [2.75, 3.05) is 12.8 Å². The Hall–Kier alpha value is -2.09. The number of nitrogens with two attached hydrogens (primary N) is 1. The second-order valence-corrected chi connectivity index (χ2v) is 4.97. The van der Waals surface area contributed by atoms with Crippen molar-refractivity contribution < 1.29 is 32.7 Å². The molecule has 0 saturated carbocycles. The average molecular weight is 288 g/mol. The van der Waals surface area contributed by atoms with E-state index in [-0.39, 0.29) is 17.5 Å². The minimum Gasteiger partial charge on any atom is -0.463 e. The highest BCUT2D eigenvalue weighted by molar-refractivity contribution is 7.60. The largest absolute Gasteiger partial charge is 0.463 e. The van der Waals surface area contributed by atoms with E-state index in [1.165, 1.54) is 0 Å². The van der Waals surface area contributed by atoms with Crippen LogP contribution in [-0.4, -0.2) is 27.8 Å². The van der Waals surface area contributed by atoms with Crippen molar-refractivity contribution in [3.8, 4) is 11.5 Å². The summed E-state index contributed by atoms with van der Waals surface area (Å²) in [5.41, 5.74) is 5.09. The first-order valence-corrected chi connectivity index (χ1v) is 6.44. The van der Waals surface area contributed by atoms with E-state index in [0.29, 0.717) is 0 Å². The molecule has 0 fully saturated rings. The molecule has 0 aliphatic rings. The molecule has 2 aromatic heterocycles. The number of rotatable bonds is 3. The summed E-state index contributed by atoms with van der Waals surface area (Å²) in [5.74, 6) is -1.59. The van der Waals surface area contributed by atoms with Crippen LogP contribution in [0, 0.1) is 0 Å².